The number of methoxy groups -OCH3 is 1. The Kier molecular flexibility index (Phi) is 5.50. The van der Waals surface area contributed by atoms with E-state index in [1.54, 1.807) is 6.20 Å². The predicted molar refractivity (Wildman–Crippen MR) is 90.7 cm³/mol. The number of benzene rings is 1. The van der Waals surface area contributed by atoms with Gasteiger partial charge in [-0.2, -0.15) is 0 Å². The summed E-state index contributed by atoms with van der Waals surface area (Å²) in [6, 6.07) is 7.51. The van der Waals surface area contributed by atoms with Gasteiger partial charge in [0.05, 0.1) is 12.7 Å². The Morgan fingerprint density at radius 2 is 2.12 bits per heavy atom. The zero-order valence-electron chi connectivity index (χ0n) is 13.6. The fourth-order valence-electron chi connectivity index (χ4n) is 2.72. The highest BCUT2D eigenvalue weighted by molar-refractivity contribution is 6.30. The number of hydrogen-bond donors (Lipinski definition) is 0. The highest BCUT2D eigenvalue weighted by Gasteiger charge is 2.22. The standard InChI is InChI=1S/C17H20ClN3O3/c1-23-12-17(22)21-7-5-20(6-8-21)11-16-19-10-15(24-16)13-3-2-4-14(18)9-13/h2-4,9-10H,5-8,11-12H2,1H3. The van der Waals surface area contributed by atoms with E-state index >= 15 is 0 Å². The zero-order chi connectivity index (χ0) is 16.9. The molecule has 0 radical (unpaired) electrons. The Morgan fingerprint density at radius 1 is 1.33 bits per heavy atom. The summed E-state index contributed by atoms with van der Waals surface area (Å²) < 4.78 is 10.7. The summed E-state index contributed by atoms with van der Waals surface area (Å²) in [6.07, 6.45) is 1.72. The number of piperazine rings is 1. The average molecular weight is 350 g/mol. The quantitative estimate of drug-likeness (QED) is 0.829. The molecule has 0 unspecified atom stereocenters. The van der Waals surface area contributed by atoms with Crippen molar-refractivity contribution in [2.24, 2.45) is 0 Å². The Labute approximate surface area is 146 Å². The molecule has 0 atom stereocenters. The van der Waals surface area contributed by atoms with Crippen molar-refractivity contribution in [3.63, 3.8) is 0 Å². The third-order valence-electron chi connectivity index (χ3n) is 4.01. The molecule has 2 heterocycles. The first kappa shape index (κ1) is 17.0. The van der Waals surface area contributed by atoms with E-state index in [1.807, 2.05) is 29.2 Å². The second kappa shape index (κ2) is 7.79. The summed E-state index contributed by atoms with van der Waals surface area (Å²) in [6.45, 7) is 3.76. The van der Waals surface area contributed by atoms with Crippen LogP contribution < -0.4 is 0 Å². The smallest absolute Gasteiger partial charge is 0.248 e. The molecule has 6 nitrogen and oxygen atoms in total. The normalized spacial score (nSPS) is 15.7. The minimum atomic E-state index is 0.0384. The fraction of sp³-hybridized carbons (Fsp3) is 0.412. The van der Waals surface area contributed by atoms with Crippen LogP contribution in [0.15, 0.2) is 34.9 Å². The molecular formula is C17H20ClN3O3. The van der Waals surface area contributed by atoms with Crippen molar-refractivity contribution >= 4 is 17.5 Å². The molecular weight excluding hydrogens is 330 g/mol. The number of hydrogen-bond acceptors (Lipinski definition) is 5. The van der Waals surface area contributed by atoms with Gasteiger partial charge < -0.3 is 14.1 Å². The van der Waals surface area contributed by atoms with E-state index in [4.69, 9.17) is 20.8 Å². The van der Waals surface area contributed by atoms with E-state index in [-0.39, 0.29) is 12.5 Å². The van der Waals surface area contributed by atoms with Crippen LogP contribution in [0, 0.1) is 0 Å². The highest BCUT2D eigenvalue weighted by atomic mass is 35.5. The molecule has 1 fully saturated rings. The number of amides is 1. The predicted octanol–water partition coefficient (Wildman–Crippen LogP) is 2.29. The third-order valence-corrected chi connectivity index (χ3v) is 4.25. The van der Waals surface area contributed by atoms with Gasteiger partial charge in [-0.1, -0.05) is 23.7 Å². The van der Waals surface area contributed by atoms with Gasteiger partial charge in [0.15, 0.2) is 5.76 Å². The molecule has 1 aromatic heterocycles. The van der Waals surface area contributed by atoms with Crippen LogP contribution in [0.4, 0.5) is 0 Å². The van der Waals surface area contributed by atoms with Crippen molar-refractivity contribution in [2.75, 3.05) is 39.9 Å². The zero-order valence-corrected chi connectivity index (χ0v) is 14.3. The van der Waals surface area contributed by atoms with Crippen LogP contribution in [-0.2, 0) is 16.1 Å². The van der Waals surface area contributed by atoms with E-state index in [0.29, 0.717) is 36.3 Å². The highest BCUT2D eigenvalue weighted by Crippen LogP contribution is 2.24. The van der Waals surface area contributed by atoms with E-state index in [2.05, 4.69) is 9.88 Å². The first-order chi connectivity index (χ1) is 11.7. The maximum absolute atomic E-state index is 11.8. The Hall–Kier alpha value is -1.89. The average Bonchev–Trinajstić information content (AvgIpc) is 3.04. The monoisotopic (exact) mass is 349 g/mol. The van der Waals surface area contributed by atoms with Crippen LogP contribution in [0.25, 0.3) is 11.3 Å². The summed E-state index contributed by atoms with van der Waals surface area (Å²) in [5, 5.41) is 0.669. The molecule has 1 aromatic carbocycles. The number of carbonyl (C=O) groups is 1. The van der Waals surface area contributed by atoms with Crippen molar-refractivity contribution in [1.82, 2.24) is 14.8 Å². The first-order valence-corrected chi connectivity index (χ1v) is 8.23. The molecule has 1 saturated heterocycles. The SMILES string of the molecule is COCC(=O)N1CCN(Cc2ncc(-c3cccc(Cl)c3)o2)CC1. The van der Waals surface area contributed by atoms with Crippen LogP contribution in [0.2, 0.25) is 5.02 Å². The van der Waals surface area contributed by atoms with Crippen LogP contribution in [0.1, 0.15) is 5.89 Å². The molecule has 1 aliphatic heterocycles. The lowest BCUT2D eigenvalue weighted by Crippen LogP contribution is -2.49. The number of aromatic nitrogens is 1. The molecule has 24 heavy (non-hydrogen) atoms. The van der Waals surface area contributed by atoms with Gasteiger partial charge >= 0.3 is 0 Å². The number of ether oxygens (including phenoxy) is 1. The maximum Gasteiger partial charge on any atom is 0.248 e. The minimum Gasteiger partial charge on any atom is -0.439 e. The number of halogens is 1. The van der Waals surface area contributed by atoms with E-state index in [0.717, 1.165) is 18.7 Å². The molecule has 0 spiro atoms. The Balaban J connectivity index is 1.56. The van der Waals surface area contributed by atoms with Crippen molar-refractivity contribution in [2.45, 2.75) is 6.54 Å². The van der Waals surface area contributed by atoms with E-state index in [1.165, 1.54) is 7.11 Å². The van der Waals surface area contributed by atoms with Gasteiger partial charge in [-0.15, -0.1) is 0 Å². The van der Waals surface area contributed by atoms with E-state index < -0.39 is 0 Å². The minimum absolute atomic E-state index is 0.0384. The maximum atomic E-state index is 11.8. The second-order valence-electron chi connectivity index (χ2n) is 5.72. The summed E-state index contributed by atoms with van der Waals surface area (Å²) in [5.74, 6) is 1.42. The number of rotatable bonds is 5. The number of carbonyl (C=O) groups excluding carboxylic acids is 1. The molecule has 1 aliphatic rings. The first-order valence-electron chi connectivity index (χ1n) is 7.85. The largest absolute Gasteiger partial charge is 0.439 e. The van der Waals surface area contributed by atoms with Gasteiger partial charge in [-0.3, -0.25) is 9.69 Å². The number of oxazole rings is 1. The van der Waals surface area contributed by atoms with Crippen molar-refractivity contribution in [3.8, 4) is 11.3 Å². The summed E-state index contributed by atoms with van der Waals surface area (Å²) >= 11 is 6.01. The molecule has 128 valence electrons. The Morgan fingerprint density at radius 3 is 2.83 bits per heavy atom. The Bertz CT molecular complexity index is 696. The lowest BCUT2D eigenvalue weighted by Gasteiger charge is -2.33. The summed E-state index contributed by atoms with van der Waals surface area (Å²) in [4.78, 5) is 20.2. The molecule has 7 heteroatoms. The molecule has 0 bridgehead atoms. The van der Waals surface area contributed by atoms with E-state index in [9.17, 15) is 4.79 Å². The molecule has 1 amide bonds. The fourth-order valence-corrected chi connectivity index (χ4v) is 2.91. The summed E-state index contributed by atoms with van der Waals surface area (Å²) in [5.41, 5.74) is 0.913. The molecule has 2 aromatic rings. The summed E-state index contributed by atoms with van der Waals surface area (Å²) in [7, 11) is 1.54. The van der Waals surface area contributed by atoms with Crippen molar-refractivity contribution in [1.29, 1.82) is 0 Å². The molecule has 0 aliphatic carbocycles. The second-order valence-corrected chi connectivity index (χ2v) is 6.15. The van der Waals surface area contributed by atoms with Gasteiger partial charge in [0.2, 0.25) is 11.8 Å². The molecule has 0 N–H and O–H groups in total. The van der Waals surface area contributed by atoms with Crippen LogP contribution in [-0.4, -0.2) is 60.6 Å². The van der Waals surface area contributed by atoms with Crippen LogP contribution >= 0.6 is 11.6 Å². The van der Waals surface area contributed by atoms with Gasteiger partial charge in [0.25, 0.3) is 0 Å². The number of nitrogens with zero attached hydrogens (tertiary/aromatic N) is 3. The lowest BCUT2D eigenvalue weighted by atomic mass is 10.2. The van der Waals surface area contributed by atoms with Gasteiger partial charge in [-0.05, 0) is 12.1 Å². The van der Waals surface area contributed by atoms with Gasteiger partial charge in [-0.25, -0.2) is 4.98 Å². The van der Waals surface area contributed by atoms with Gasteiger partial charge in [0.1, 0.15) is 6.61 Å². The van der Waals surface area contributed by atoms with Crippen molar-refractivity contribution in [3.05, 3.63) is 41.4 Å². The lowest BCUT2D eigenvalue weighted by molar-refractivity contribution is -0.137. The van der Waals surface area contributed by atoms with Crippen molar-refractivity contribution < 1.29 is 13.9 Å². The third kappa shape index (κ3) is 4.14. The topological polar surface area (TPSA) is 58.8 Å². The molecule has 3 rings (SSSR count). The van der Waals surface area contributed by atoms with Gasteiger partial charge in [0, 0.05) is 43.9 Å². The van der Waals surface area contributed by atoms with Crippen LogP contribution in [0.5, 0.6) is 0 Å². The molecule has 0 saturated carbocycles. The van der Waals surface area contributed by atoms with Crippen LogP contribution in [0.3, 0.4) is 0 Å².